The molecule has 206 valence electrons. The molecule has 6 rings (SSSR count). The highest BCUT2D eigenvalue weighted by Crippen LogP contribution is 2.41. The standard InChI is InChI=1S/C34H34O6/c1-36-33-32-31(37-21-24-13-11-12-14-25(24)22-38-32)30(35)29(40-33)23-39-34(26-15-5-2-6-16-26,27-17-7-3-8-18-27)28-19-9-4-10-20-28/h2-20,29-33,35H,21-23H2,1H3/t29-,30+,31+,32-,33+/m1/s1. The molecule has 0 unspecified atom stereocenters. The second-order valence-electron chi connectivity index (χ2n) is 10.2. The minimum Gasteiger partial charge on any atom is -0.387 e. The van der Waals surface area contributed by atoms with Gasteiger partial charge in [-0.15, -0.1) is 0 Å². The Hall–Kier alpha value is -3.36. The Balaban J connectivity index is 1.33. The molecule has 0 bridgehead atoms. The van der Waals surface area contributed by atoms with Crippen LogP contribution < -0.4 is 0 Å². The number of aliphatic hydroxyl groups is 1. The van der Waals surface area contributed by atoms with E-state index in [1.165, 1.54) is 0 Å². The Morgan fingerprint density at radius 1 is 0.675 bits per heavy atom. The molecule has 5 atom stereocenters. The lowest BCUT2D eigenvalue weighted by Crippen LogP contribution is -2.61. The molecule has 2 aliphatic heterocycles. The van der Waals surface area contributed by atoms with E-state index in [1.807, 2.05) is 78.9 Å². The van der Waals surface area contributed by atoms with Gasteiger partial charge in [0.05, 0.1) is 19.8 Å². The maximum atomic E-state index is 11.6. The minimum atomic E-state index is -0.998. The summed E-state index contributed by atoms with van der Waals surface area (Å²) < 4.78 is 31.5. The highest BCUT2D eigenvalue weighted by molar-refractivity contribution is 5.47. The molecule has 1 saturated heterocycles. The smallest absolute Gasteiger partial charge is 0.186 e. The molecule has 1 fully saturated rings. The molecular formula is C34H34O6. The Bertz CT molecular complexity index is 1270. The highest BCUT2D eigenvalue weighted by Gasteiger charge is 2.49. The lowest BCUT2D eigenvalue weighted by atomic mass is 9.80. The summed E-state index contributed by atoms with van der Waals surface area (Å²) in [5.74, 6) is 0. The van der Waals surface area contributed by atoms with Gasteiger partial charge in [0.25, 0.3) is 0 Å². The summed E-state index contributed by atoms with van der Waals surface area (Å²) in [6, 6.07) is 38.4. The van der Waals surface area contributed by atoms with Crippen LogP contribution in [0.15, 0.2) is 115 Å². The lowest BCUT2D eigenvalue weighted by Gasteiger charge is -2.45. The maximum absolute atomic E-state index is 11.6. The molecule has 6 nitrogen and oxygen atoms in total. The van der Waals surface area contributed by atoms with E-state index in [2.05, 4.69) is 36.4 Å². The molecule has 4 aromatic carbocycles. The van der Waals surface area contributed by atoms with E-state index in [-0.39, 0.29) is 6.61 Å². The predicted octanol–water partition coefficient (Wildman–Crippen LogP) is 5.21. The van der Waals surface area contributed by atoms with Crippen LogP contribution in [0.1, 0.15) is 27.8 Å². The monoisotopic (exact) mass is 538 g/mol. The zero-order valence-corrected chi connectivity index (χ0v) is 22.5. The first kappa shape index (κ1) is 26.8. The van der Waals surface area contributed by atoms with E-state index >= 15 is 0 Å². The molecule has 0 aliphatic carbocycles. The molecule has 40 heavy (non-hydrogen) atoms. The first-order valence-corrected chi connectivity index (χ1v) is 13.7. The molecule has 2 aliphatic rings. The van der Waals surface area contributed by atoms with Crippen LogP contribution >= 0.6 is 0 Å². The van der Waals surface area contributed by atoms with Gasteiger partial charge in [-0.3, -0.25) is 0 Å². The van der Waals surface area contributed by atoms with Crippen LogP contribution in [-0.4, -0.2) is 49.5 Å². The number of ether oxygens (including phenoxy) is 5. The Labute approximate surface area is 235 Å². The largest absolute Gasteiger partial charge is 0.387 e. The fourth-order valence-electron chi connectivity index (χ4n) is 5.77. The number of hydrogen-bond donors (Lipinski definition) is 1. The van der Waals surface area contributed by atoms with Gasteiger partial charge >= 0.3 is 0 Å². The van der Waals surface area contributed by atoms with Crippen LogP contribution in [-0.2, 0) is 42.5 Å². The quantitative estimate of drug-likeness (QED) is 0.326. The molecule has 4 aromatic rings. The van der Waals surface area contributed by atoms with Crippen molar-refractivity contribution in [3.05, 3.63) is 143 Å². The van der Waals surface area contributed by atoms with Crippen molar-refractivity contribution in [3.8, 4) is 0 Å². The van der Waals surface area contributed by atoms with Gasteiger partial charge in [-0.25, -0.2) is 0 Å². The molecular weight excluding hydrogens is 504 g/mol. The highest BCUT2D eigenvalue weighted by atomic mass is 16.7. The number of aliphatic hydroxyl groups excluding tert-OH is 1. The van der Waals surface area contributed by atoms with Gasteiger partial charge < -0.3 is 28.8 Å². The number of fused-ring (bicyclic) bond motifs is 2. The third-order valence-corrected chi connectivity index (χ3v) is 7.84. The van der Waals surface area contributed by atoms with Gasteiger partial charge in [0.15, 0.2) is 6.29 Å². The third-order valence-electron chi connectivity index (χ3n) is 7.84. The Kier molecular flexibility index (Phi) is 8.07. The molecule has 1 N–H and O–H groups in total. The normalized spacial score (nSPS) is 24.8. The fourth-order valence-corrected chi connectivity index (χ4v) is 5.77. The fraction of sp³-hybridized carbons (Fsp3) is 0.294. The van der Waals surface area contributed by atoms with Crippen molar-refractivity contribution in [2.75, 3.05) is 13.7 Å². The summed E-state index contributed by atoms with van der Waals surface area (Å²) in [7, 11) is 1.58. The zero-order chi connectivity index (χ0) is 27.4. The van der Waals surface area contributed by atoms with Gasteiger partial charge in [0.2, 0.25) is 0 Å². The van der Waals surface area contributed by atoms with Gasteiger partial charge in [0.1, 0.15) is 30.0 Å². The number of rotatable bonds is 7. The van der Waals surface area contributed by atoms with Crippen LogP contribution in [0, 0.1) is 0 Å². The number of benzene rings is 4. The molecule has 0 amide bonds. The van der Waals surface area contributed by atoms with Crippen LogP contribution in [0.25, 0.3) is 0 Å². The van der Waals surface area contributed by atoms with Crippen molar-refractivity contribution in [2.45, 2.75) is 49.5 Å². The summed E-state index contributed by atoms with van der Waals surface area (Å²) in [6.07, 6.45) is -3.69. The summed E-state index contributed by atoms with van der Waals surface area (Å²) in [6.45, 7) is 0.837. The van der Waals surface area contributed by atoms with E-state index < -0.39 is 36.3 Å². The van der Waals surface area contributed by atoms with Crippen molar-refractivity contribution in [3.63, 3.8) is 0 Å². The second-order valence-corrected chi connectivity index (χ2v) is 10.2. The van der Waals surface area contributed by atoms with Crippen LogP contribution in [0.3, 0.4) is 0 Å². The van der Waals surface area contributed by atoms with Gasteiger partial charge in [-0.1, -0.05) is 115 Å². The van der Waals surface area contributed by atoms with Crippen molar-refractivity contribution >= 4 is 0 Å². The topological polar surface area (TPSA) is 66.4 Å². The minimum absolute atomic E-state index is 0.0862. The molecule has 6 heteroatoms. The summed E-state index contributed by atoms with van der Waals surface area (Å²) in [4.78, 5) is 0. The number of hydrogen-bond acceptors (Lipinski definition) is 6. The molecule has 0 spiro atoms. The van der Waals surface area contributed by atoms with Crippen LogP contribution in [0.4, 0.5) is 0 Å². The maximum Gasteiger partial charge on any atom is 0.186 e. The third kappa shape index (κ3) is 5.10. The average Bonchev–Trinajstić information content (AvgIpc) is 3.01. The average molecular weight is 539 g/mol. The first-order chi connectivity index (χ1) is 19.7. The van der Waals surface area contributed by atoms with Crippen molar-refractivity contribution in [1.82, 2.24) is 0 Å². The Morgan fingerprint density at radius 3 is 1.60 bits per heavy atom. The van der Waals surface area contributed by atoms with E-state index in [0.29, 0.717) is 13.2 Å². The summed E-state index contributed by atoms with van der Waals surface area (Å²) >= 11 is 0. The molecule has 0 radical (unpaired) electrons. The molecule has 0 aromatic heterocycles. The molecule has 0 saturated carbocycles. The van der Waals surface area contributed by atoms with Crippen LogP contribution in [0.5, 0.6) is 0 Å². The van der Waals surface area contributed by atoms with E-state index in [1.54, 1.807) is 7.11 Å². The van der Waals surface area contributed by atoms with Gasteiger partial charge in [-0.2, -0.15) is 0 Å². The van der Waals surface area contributed by atoms with E-state index in [0.717, 1.165) is 27.8 Å². The van der Waals surface area contributed by atoms with Gasteiger partial charge in [0, 0.05) is 7.11 Å². The first-order valence-electron chi connectivity index (χ1n) is 13.7. The zero-order valence-electron chi connectivity index (χ0n) is 22.5. The molecule has 2 heterocycles. The Morgan fingerprint density at radius 2 is 1.12 bits per heavy atom. The summed E-state index contributed by atoms with van der Waals surface area (Å²) in [5.41, 5.74) is 4.07. The van der Waals surface area contributed by atoms with Crippen molar-refractivity contribution < 1.29 is 28.8 Å². The van der Waals surface area contributed by atoms with Crippen molar-refractivity contribution in [1.29, 1.82) is 0 Å². The van der Waals surface area contributed by atoms with E-state index in [9.17, 15) is 5.11 Å². The number of methoxy groups -OCH3 is 1. The predicted molar refractivity (Wildman–Crippen MR) is 150 cm³/mol. The van der Waals surface area contributed by atoms with Crippen molar-refractivity contribution in [2.24, 2.45) is 0 Å². The van der Waals surface area contributed by atoms with Crippen LogP contribution in [0.2, 0.25) is 0 Å². The summed E-state index contributed by atoms with van der Waals surface area (Å²) in [5, 5.41) is 11.6. The SMILES string of the molecule is CO[C@H]1O[C@H](COC(c2ccccc2)(c2ccccc2)c2ccccc2)[C@H](O)[C@@H]2OCc3ccccc3CO[C@@H]12. The lowest BCUT2D eigenvalue weighted by molar-refractivity contribution is -0.319. The van der Waals surface area contributed by atoms with E-state index in [4.69, 9.17) is 23.7 Å². The second kappa shape index (κ2) is 12.0. The van der Waals surface area contributed by atoms with Gasteiger partial charge in [-0.05, 0) is 27.8 Å².